The maximum atomic E-state index is 14.4. The Morgan fingerprint density at radius 3 is 2.56 bits per heavy atom. The number of rotatable bonds is 8. The second-order valence-corrected chi connectivity index (χ2v) is 7.48. The number of benzene rings is 2. The number of hydrogen-bond donors (Lipinski definition) is 0. The van der Waals surface area contributed by atoms with E-state index in [0.717, 1.165) is 11.1 Å². The molecule has 168 valence electrons. The van der Waals surface area contributed by atoms with Gasteiger partial charge in [0.1, 0.15) is 11.5 Å². The van der Waals surface area contributed by atoms with Crippen LogP contribution in [-0.4, -0.2) is 62.5 Å². The number of methoxy groups -OCH3 is 1. The third-order valence-corrected chi connectivity index (χ3v) is 5.42. The van der Waals surface area contributed by atoms with Gasteiger partial charge in [0.05, 0.1) is 37.5 Å². The molecular formula is C24H26FN3O4. The molecule has 2 heterocycles. The molecule has 8 heteroatoms. The van der Waals surface area contributed by atoms with Crippen LogP contribution in [0, 0.1) is 5.82 Å². The van der Waals surface area contributed by atoms with Crippen molar-refractivity contribution in [2.24, 2.45) is 0 Å². The molecule has 0 spiro atoms. The molecule has 2 aromatic carbocycles. The topological polar surface area (TPSA) is 68.0 Å². The molecule has 7 nitrogen and oxygen atoms in total. The van der Waals surface area contributed by atoms with Crippen molar-refractivity contribution in [3.63, 3.8) is 0 Å². The quantitative estimate of drug-likeness (QED) is 0.534. The fourth-order valence-electron chi connectivity index (χ4n) is 3.73. The molecule has 1 aliphatic rings. The molecule has 1 amide bonds. The number of halogens is 1. The first-order chi connectivity index (χ1) is 15.7. The van der Waals surface area contributed by atoms with Crippen molar-refractivity contribution in [3.8, 4) is 11.3 Å². The lowest BCUT2D eigenvalue weighted by Gasteiger charge is -2.28. The van der Waals surface area contributed by atoms with E-state index >= 15 is 0 Å². The SMILES string of the molecule is COCCN(Cc1c(-c2ccccc2)noc1N1CCOCC1)C(=O)c1ccccc1F. The standard InChI is InChI=1S/C24H26FN3O4/c1-30-14-11-28(23(29)19-9-5-6-10-21(19)25)17-20-22(18-7-3-2-4-8-18)26-32-24(20)27-12-15-31-16-13-27/h2-10H,11-17H2,1H3. The van der Waals surface area contributed by atoms with Crippen LogP contribution in [0.4, 0.5) is 10.3 Å². The zero-order valence-corrected chi connectivity index (χ0v) is 18.0. The number of amides is 1. The largest absolute Gasteiger partial charge is 0.383 e. The maximum Gasteiger partial charge on any atom is 0.257 e. The van der Waals surface area contributed by atoms with Crippen LogP contribution >= 0.6 is 0 Å². The molecule has 0 N–H and O–H groups in total. The van der Waals surface area contributed by atoms with Crippen LogP contribution < -0.4 is 4.90 Å². The van der Waals surface area contributed by atoms with Crippen molar-refractivity contribution < 1.29 is 23.2 Å². The summed E-state index contributed by atoms with van der Waals surface area (Å²) in [5.74, 6) is -0.355. The molecule has 0 unspecified atom stereocenters. The predicted molar refractivity (Wildman–Crippen MR) is 118 cm³/mol. The lowest BCUT2D eigenvalue weighted by atomic mass is 10.1. The Balaban J connectivity index is 1.72. The summed E-state index contributed by atoms with van der Waals surface area (Å²) in [6.45, 7) is 3.32. The van der Waals surface area contributed by atoms with E-state index in [1.807, 2.05) is 30.3 Å². The average Bonchev–Trinajstić information content (AvgIpc) is 3.26. The number of aromatic nitrogens is 1. The molecule has 0 radical (unpaired) electrons. The second kappa shape index (κ2) is 10.4. The molecule has 1 fully saturated rings. The fourth-order valence-corrected chi connectivity index (χ4v) is 3.73. The summed E-state index contributed by atoms with van der Waals surface area (Å²) in [4.78, 5) is 16.9. The van der Waals surface area contributed by atoms with Crippen molar-refractivity contribution in [3.05, 3.63) is 71.5 Å². The third-order valence-electron chi connectivity index (χ3n) is 5.42. The Bertz CT molecular complexity index is 1030. The summed E-state index contributed by atoms with van der Waals surface area (Å²) in [5, 5.41) is 4.34. The lowest BCUT2D eigenvalue weighted by molar-refractivity contribution is 0.0675. The molecule has 1 aliphatic heterocycles. The summed E-state index contributed by atoms with van der Waals surface area (Å²) in [7, 11) is 1.57. The highest BCUT2D eigenvalue weighted by atomic mass is 19.1. The second-order valence-electron chi connectivity index (χ2n) is 7.48. The van der Waals surface area contributed by atoms with Gasteiger partial charge >= 0.3 is 0 Å². The van der Waals surface area contributed by atoms with Crippen LogP contribution in [0.1, 0.15) is 15.9 Å². The van der Waals surface area contributed by atoms with E-state index in [2.05, 4.69) is 10.1 Å². The van der Waals surface area contributed by atoms with Gasteiger partial charge in [-0.15, -0.1) is 0 Å². The molecule has 3 aromatic rings. The van der Waals surface area contributed by atoms with Gasteiger partial charge in [-0.2, -0.15) is 0 Å². The van der Waals surface area contributed by atoms with E-state index < -0.39 is 11.7 Å². The molecule has 1 aromatic heterocycles. The van der Waals surface area contributed by atoms with Crippen molar-refractivity contribution in [1.29, 1.82) is 0 Å². The first-order valence-corrected chi connectivity index (χ1v) is 10.6. The van der Waals surface area contributed by atoms with Gasteiger partial charge in [-0.3, -0.25) is 4.79 Å². The Kier molecular flexibility index (Phi) is 7.14. The van der Waals surface area contributed by atoms with Crippen molar-refractivity contribution in [1.82, 2.24) is 10.1 Å². The zero-order valence-electron chi connectivity index (χ0n) is 18.0. The number of carbonyl (C=O) groups excluding carboxylic acids is 1. The van der Waals surface area contributed by atoms with E-state index in [-0.39, 0.29) is 12.1 Å². The van der Waals surface area contributed by atoms with E-state index in [1.54, 1.807) is 24.1 Å². The Morgan fingerprint density at radius 2 is 1.84 bits per heavy atom. The van der Waals surface area contributed by atoms with Crippen LogP contribution in [0.5, 0.6) is 0 Å². The molecular weight excluding hydrogens is 413 g/mol. The normalized spacial score (nSPS) is 13.9. The average molecular weight is 439 g/mol. The molecule has 1 saturated heterocycles. The van der Waals surface area contributed by atoms with E-state index in [1.165, 1.54) is 12.1 Å². The summed E-state index contributed by atoms with van der Waals surface area (Å²) in [6, 6.07) is 15.7. The van der Waals surface area contributed by atoms with E-state index in [4.69, 9.17) is 14.0 Å². The number of ether oxygens (including phenoxy) is 2. The van der Waals surface area contributed by atoms with Crippen LogP contribution in [-0.2, 0) is 16.0 Å². The van der Waals surface area contributed by atoms with Crippen molar-refractivity contribution >= 4 is 11.8 Å². The molecule has 0 atom stereocenters. The van der Waals surface area contributed by atoms with Crippen molar-refractivity contribution in [2.45, 2.75) is 6.54 Å². The van der Waals surface area contributed by atoms with Crippen LogP contribution in [0.15, 0.2) is 59.1 Å². The molecule has 4 rings (SSSR count). The van der Waals surface area contributed by atoms with Crippen molar-refractivity contribution in [2.75, 3.05) is 51.5 Å². The predicted octanol–water partition coefficient (Wildman–Crippen LogP) is 3.61. The lowest BCUT2D eigenvalue weighted by Crippen LogP contribution is -2.38. The van der Waals surface area contributed by atoms with Gasteiger partial charge in [-0.1, -0.05) is 47.6 Å². The van der Waals surface area contributed by atoms with E-state index in [0.29, 0.717) is 51.0 Å². The van der Waals surface area contributed by atoms with Gasteiger partial charge in [-0.05, 0) is 12.1 Å². The summed E-state index contributed by atoms with van der Waals surface area (Å²) < 4.78 is 30.9. The molecule has 0 saturated carbocycles. The minimum atomic E-state index is -0.554. The highest BCUT2D eigenvalue weighted by Crippen LogP contribution is 2.33. The third kappa shape index (κ3) is 4.81. The van der Waals surface area contributed by atoms with Gasteiger partial charge in [0, 0.05) is 32.3 Å². The van der Waals surface area contributed by atoms with Crippen LogP contribution in [0.2, 0.25) is 0 Å². The monoisotopic (exact) mass is 439 g/mol. The molecule has 32 heavy (non-hydrogen) atoms. The highest BCUT2D eigenvalue weighted by Gasteiger charge is 2.28. The van der Waals surface area contributed by atoms with E-state index in [9.17, 15) is 9.18 Å². The van der Waals surface area contributed by atoms with Gasteiger partial charge in [-0.25, -0.2) is 4.39 Å². The highest BCUT2D eigenvalue weighted by molar-refractivity contribution is 5.94. The Hall–Kier alpha value is -3.23. The number of carbonyl (C=O) groups is 1. The number of morpholine rings is 1. The first-order valence-electron chi connectivity index (χ1n) is 10.6. The minimum absolute atomic E-state index is 0.0224. The summed E-state index contributed by atoms with van der Waals surface area (Å²) in [6.07, 6.45) is 0. The minimum Gasteiger partial charge on any atom is -0.383 e. The Morgan fingerprint density at radius 1 is 1.12 bits per heavy atom. The first kappa shape index (κ1) is 22.0. The molecule has 0 bridgehead atoms. The smallest absolute Gasteiger partial charge is 0.257 e. The van der Waals surface area contributed by atoms with Gasteiger partial charge in [0.25, 0.3) is 5.91 Å². The van der Waals surface area contributed by atoms with Gasteiger partial charge in [0.2, 0.25) is 5.88 Å². The van der Waals surface area contributed by atoms with Gasteiger partial charge in [0.15, 0.2) is 0 Å². The van der Waals surface area contributed by atoms with Crippen LogP contribution in [0.25, 0.3) is 11.3 Å². The number of anilines is 1. The number of hydrogen-bond acceptors (Lipinski definition) is 6. The fraction of sp³-hybridized carbons (Fsp3) is 0.333. The summed E-state index contributed by atoms with van der Waals surface area (Å²) >= 11 is 0. The zero-order chi connectivity index (χ0) is 22.3. The maximum absolute atomic E-state index is 14.4. The Labute approximate surface area is 186 Å². The van der Waals surface area contributed by atoms with Gasteiger partial charge < -0.3 is 23.8 Å². The van der Waals surface area contributed by atoms with Crippen LogP contribution in [0.3, 0.4) is 0 Å². The molecule has 0 aliphatic carbocycles. The number of nitrogens with zero attached hydrogens (tertiary/aromatic N) is 3. The summed E-state index contributed by atoms with van der Waals surface area (Å²) in [5.41, 5.74) is 2.35.